The van der Waals surface area contributed by atoms with Crippen molar-refractivity contribution < 1.29 is 9.84 Å². The van der Waals surface area contributed by atoms with Gasteiger partial charge in [-0.25, -0.2) is 0 Å². The molecular weight excluding hydrogens is 220 g/mol. The number of benzene rings is 1. The van der Waals surface area contributed by atoms with Crippen molar-refractivity contribution in [2.45, 2.75) is 36.2 Å². The van der Waals surface area contributed by atoms with Gasteiger partial charge in [0.2, 0.25) is 0 Å². The van der Waals surface area contributed by atoms with Crippen LogP contribution in [-0.2, 0) is 0 Å². The van der Waals surface area contributed by atoms with Crippen molar-refractivity contribution in [1.29, 1.82) is 0 Å². The summed E-state index contributed by atoms with van der Waals surface area (Å²) in [6.07, 6.45) is 6.00. The number of ether oxygens (including phenoxy) is 1. The standard InChI is InChI=1S/C13H18O2S/c1-16-12-7-3-2-6-11(12)15-10-13(14)8-4-5-9-13/h2-3,6-7,14H,4-5,8-10H2,1H3. The van der Waals surface area contributed by atoms with Gasteiger partial charge in [0, 0.05) is 4.90 Å². The van der Waals surface area contributed by atoms with Gasteiger partial charge in [0.1, 0.15) is 12.4 Å². The van der Waals surface area contributed by atoms with E-state index in [1.807, 2.05) is 30.5 Å². The molecule has 3 heteroatoms. The molecule has 1 aliphatic carbocycles. The average molecular weight is 238 g/mol. The molecule has 0 aromatic heterocycles. The summed E-state index contributed by atoms with van der Waals surface area (Å²) in [6.45, 7) is 0.421. The van der Waals surface area contributed by atoms with Gasteiger partial charge in [0.25, 0.3) is 0 Å². The molecule has 1 N–H and O–H groups in total. The van der Waals surface area contributed by atoms with E-state index in [1.54, 1.807) is 11.8 Å². The van der Waals surface area contributed by atoms with E-state index in [9.17, 15) is 5.11 Å². The highest BCUT2D eigenvalue weighted by molar-refractivity contribution is 7.98. The third kappa shape index (κ3) is 2.71. The van der Waals surface area contributed by atoms with Crippen LogP contribution in [-0.4, -0.2) is 23.6 Å². The third-order valence-corrected chi connectivity index (χ3v) is 3.88. The van der Waals surface area contributed by atoms with Crippen LogP contribution in [0.1, 0.15) is 25.7 Å². The molecule has 0 bridgehead atoms. The maximum atomic E-state index is 10.2. The number of hydrogen-bond acceptors (Lipinski definition) is 3. The van der Waals surface area contributed by atoms with Gasteiger partial charge in [0.05, 0.1) is 5.60 Å². The van der Waals surface area contributed by atoms with Gasteiger partial charge in [-0.3, -0.25) is 0 Å². The van der Waals surface area contributed by atoms with Crippen molar-refractivity contribution in [3.05, 3.63) is 24.3 Å². The highest BCUT2D eigenvalue weighted by Crippen LogP contribution is 2.32. The molecule has 0 spiro atoms. The van der Waals surface area contributed by atoms with Crippen molar-refractivity contribution in [3.8, 4) is 5.75 Å². The van der Waals surface area contributed by atoms with Gasteiger partial charge in [0.15, 0.2) is 0 Å². The fourth-order valence-electron chi connectivity index (χ4n) is 2.13. The van der Waals surface area contributed by atoms with Crippen molar-refractivity contribution in [3.63, 3.8) is 0 Å². The molecule has 1 fully saturated rings. The normalized spacial score (nSPS) is 18.6. The molecule has 0 heterocycles. The average Bonchev–Trinajstić information content (AvgIpc) is 2.74. The molecule has 0 unspecified atom stereocenters. The first-order valence-corrected chi connectivity index (χ1v) is 6.94. The first kappa shape index (κ1) is 11.8. The summed E-state index contributed by atoms with van der Waals surface area (Å²) in [7, 11) is 0. The number of rotatable bonds is 4. The predicted molar refractivity (Wildman–Crippen MR) is 67.1 cm³/mol. The molecule has 16 heavy (non-hydrogen) atoms. The van der Waals surface area contributed by atoms with Crippen molar-refractivity contribution >= 4 is 11.8 Å². The summed E-state index contributed by atoms with van der Waals surface area (Å²) in [5.41, 5.74) is -0.592. The number of para-hydroxylation sites is 1. The second-order valence-electron chi connectivity index (χ2n) is 4.37. The lowest BCUT2D eigenvalue weighted by Crippen LogP contribution is -2.32. The predicted octanol–water partition coefficient (Wildman–Crippen LogP) is 3.09. The first-order valence-electron chi connectivity index (χ1n) is 5.72. The fraction of sp³-hybridized carbons (Fsp3) is 0.538. The zero-order valence-electron chi connectivity index (χ0n) is 9.61. The molecule has 0 saturated heterocycles. The van der Waals surface area contributed by atoms with Crippen LogP contribution >= 0.6 is 11.8 Å². The van der Waals surface area contributed by atoms with Crippen LogP contribution in [0, 0.1) is 0 Å². The third-order valence-electron chi connectivity index (χ3n) is 3.10. The molecule has 1 aromatic carbocycles. The SMILES string of the molecule is CSc1ccccc1OCC1(O)CCCC1. The Bertz CT molecular complexity index is 346. The van der Waals surface area contributed by atoms with Gasteiger partial charge in [-0.1, -0.05) is 25.0 Å². The zero-order valence-corrected chi connectivity index (χ0v) is 10.4. The second kappa shape index (κ2) is 5.11. The van der Waals surface area contributed by atoms with Crippen molar-refractivity contribution in [2.24, 2.45) is 0 Å². The smallest absolute Gasteiger partial charge is 0.132 e. The van der Waals surface area contributed by atoms with Crippen molar-refractivity contribution in [1.82, 2.24) is 0 Å². The number of thioether (sulfide) groups is 1. The second-order valence-corrected chi connectivity index (χ2v) is 5.22. The van der Waals surface area contributed by atoms with Crippen LogP contribution in [0.15, 0.2) is 29.2 Å². The molecular formula is C13H18O2S. The Kier molecular flexibility index (Phi) is 3.77. The van der Waals surface area contributed by atoms with Crippen LogP contribution in [0.2, 0.25) is 0 Å². The highest BCUT2D eigenvalue weighted by Gasteiger charge is 2.32. The fourth-order valence-corrected chi connectivity index (χ4v) is 2.67. The Labute approximate surface area is 101 Å². The molecule has 0 radical (unpaired) electrons. The summed E-state index contributed by atoms with van der Waals surface area (Å²) in [5.74, 6) is 0.885. The highest BCUT2D eigenvalue weighted by atomic mass is 32.2. The molecule has 1 aliphatic rings. The Morgan fingerprint density at radius 3 is 2.69 bits per heavy atom. The lowest BCUT2D eigenvalue weighted by molar-refractivity contribution is 0.000581. The lowest BCUT2D eigenvalue weighted by Gasteiger charge is -2.22. The molecule has 0 aliphatic heterocycles. The summed E-state index contributed by atoms with van der Waals surface area (Å²) >= 11 is 1.67. The van der Waals surface area contributed by atoms with Crippen LogP contribution in [0.5, 0.6) is 5.75 Å². The molecule has 88 valence electrons. The minimum absolute atomic E-state index is 0.421. The molecule has 0 amide bonds. The van der Waals surface area contributed by atoms with Crippen molar-refractivity contribution in [2.75, 3.05) is 12.9 Å². The topological polar surface area (TPSA) is 29.5 Å². The van der Waals surface area contributed by atoms with Gasteiger partial charge in [-0.2, -0.15) is 0 Å². The van der Waals surface area contributed by atoms with Gasteiger partial charge in [-0.05, 0) is 31.2 Å². The van der Waals surface area contributed by atoms with E-state index >= 15 is 0 Å². The van der Waals surface area contributed by atoms with Crippen LogP contribution in [0.4, 0.5) is 0 Å². The number of hydrogen-bond donors (Lipinski definition) is 1. The minimum atomic E-state index is -0.592. The van der Waals surface area contributed by atoms with E-state index in [4.69, 9.17) is 4.74 Å². The van der Waals surface area contributed by atoms with Gasteiger partial charge < -0.3 is 9.84 Å². The monoisotopic (exact) mass is 238 g/mol. The van der Waals surface area contributed by atoms with E-state index < -0.39 is 5.60 Å². The Hall–Kier alpha value is -0.670. The maximum Gasteiger partial charge on any atom is 0.132 e. The maximum absolute atomic E-state index is 10.2. The van der Waals surface area contributed by atoms with Crippen LogP contribution < -0.4 is 4.74 Å². The van der Waals surface area contributed by atoms with E-state index in [0.29, 0.717) is 6.61 Å². The Balaban J connectivity index is 1.98. The van der Waals surface area contributed by atoms with E-state index in [0.717, 1.165) is 36.3 Å². The Morgan fingerprint density at radius 1 is 1.31 bits per heavy atom. The molecule has 1 aromatic rings. The summed E-state index contributed by atoms with van der Waals surface area (Å²) in [5, 5.41) is 10.2. The van der Waals surface area contributed by atoms with E-state index in [-0.39, 0.29) is 0 Å². The summed E-state index contributed by atoms with van der Waals surface area (Å²) in [4.78, 5) is 1.13. The Morgan fingerprint density at radius 2 is 2.00 bits per heavy atom. The first-order chi connectivity index (χ1) is 7.73. The molecule has 0 atom stereocenters. The molecule has 1 saturated carbocycles. The van der Waals surface area contributed by atoms with Crippen LogP contribution in [0.3, 0.4) is 0 Å². The number of aliphatic hydroxyl groups is 1. The quantitative estimate of drug-likeness (QED) is 0.817. The molecule has 2 nitrogen and oxygen atoms in total. The minimum Gasteiger partial charge on any atom is -0.489 e. The zero-order chi connectivity index (χ0) is 11.4. The largest absolute Gasteiger partial charge is 0.489 e. The van der Waals surface area contributed by atoms with E-state index in [2.05, 4.69) is 0 Å². The van der Waals surface area contributed by atoms with Gasteiger partial charge in [-0.15, -0.1) is 11.8 Å². The van der Waals surface area contributed by atoms with Gasteiger partial charge >= 0.3 is 0 Å². The summed E-state index contributed by atoms with van der Waals surface area (Å²) in [6, 6.07) is 7.97. The van der Waals surface area contributed by atoms with Crippen LogP contribution in [0.25, 0.3) is 0 Å². The van der Waals surface area contributed by atoms with E-state index in [1.165, 1.54) is 0 Å². The summed E-state index contributed by atoms with van der Waals surface area (Å²) < 4.78 is 5.74. The molecule has 2 rings (SSSR count). The lowest BCUT2D eigenvalue weighted by atomic mass is 10.0.